The van der Waals surface area contributed by atoms with Gasteiger partial charge in [-0.05, 0) is 17.7 Å². The molecular formula is C8H6BrClF3NO. The predicted octanol–water partition coefficient (Wildman–Crippen LogP) is 3.72. The number of halogens is 5. The smallest absolute Gasteiger partial charge is 0.402 e. The lowest BCUT2D eigenvalue weighted by atomic mass is 10.2. The third-order valence-corrected chi connectivity index (χ3v) is 2.43. The third-order valence-electron chi connectivity index (χ3n) is 1.50. The van der Waals surface area contributed by atoms with Crippen molar-refractivity contribution in [1.29, 1.82) is 0 Å². The van der Waals surface area contributed by atoms with Gasteiger partial charge in [-0.1, -0.05) is 27.5 Å². The summed E-state index contributed by atoms with van der Waals surface area (Å²) in [5.41, 5.74) is 5.90. The molecule has 0 aromatic heterocycles. The van der Waals surface area contributed by atoms with Crippen LogP contribution in [0.5, 0.6) is 5.75 Å². The second kappa shape index (κ2) is 4.49. The molecule has 1 aromatic carbocycles. The fourth-order valence-electron chi connectivity index (χ4n) is 0.974. The summed E-state index contributed by atoms with van der Waals surface area (Å²) in [6.07, 6.45) is -4.80. The minimum atomic E-state index is -4.80. The van der Waals surface area contributed by atoms with Gasteiger partial charge in [0.1, 0.15) is 0 Å². The Morgan fingerprint density at radius 3 is 2.40 bits per heavy atom. The molecule has 2 nitrogen and oxygen atoms in total. The van der Waals surface area contributed by atoms with Crippen molar-refractivity contribution in [2.75, 3.05) is 5.73 Å². The number of nitrogen functional groups attached to an aromatic ring is 1. The van der Waals surface area contributed by atoms with E-state index in [4.69, 9.17) is 17.3 Å². The van der Waals surface area contributed by atoms with Crippen LogP contribution in [0, 0.1) is 0 Å². The number of anilines is 1. The first kappa shape index (κ1) is 12.4. The van der Waals surface area contributed by atoms with E-state index >= 15 is 0 Å². The maximum absolute atomic E-state index is 11.9. The molecule has 0 heterocycles. The standard InChI is InChI=1S/C8H6BrClF3NO/c9-3-4-1-5(10)7(6(14)2-4)15-8(11,12)13/h1-2H,3,14H2. The summed E-state index contributed by atoms with van der Waals surface area (Å²) < 4.78 is 39.5. The van der Waals surface area contributed by atoms with E-state index in [1.807, 2.05) is 0 Å². The molecule has 0 fully saturated rings. The number of benzene rings is 1. The molecule has 0 amide bonds. The number of nitrogens with two attached hydrogens (primary N) is 1. The maximum atomic E-state index is 11.9. The van der Waals surface area contributed by atoms with Crippen molar-refractivity contribution in [2.24, 2.45) is 0 Å². The molecule has 2 N–H and O–H groups in total. The van der Waals surface area contributed by atoms with Crippen LogP contribution in [0.1, 0.15) is 5.56 Å². The number of hydrogen-bond donors (Lipinski definition) is 1. The summed E-state index contributed by atoms with van der Waals surface area (Å²) in [6.45, 7) is 0. The van der Waals surface area contributed by atoms with Crippen LogP contribution in [-0.4, -0.2) is 6.36 Å². The molecule has 0 saturated heterocycles. The lowest BCUT2D eigenvalue weighted by Gasteiger charge is -2.13. The van der Waals surface area contributed by atoms with Crippen LogP contribution in [0.25, 0.3) is 0 Å². The minimum absolute atomic E-state index is 0.144. The number of rotatable bonds is 2. The van der Waals surface area contributed by atoms with Crippen LogP contribution < -0.4 is 10.5 Å². The van der Waals surface area contributed by atoms with Gasteiger partial charge in [-0.25, -0.2) is 0 Å². The van der Waals surface area contributed by atoms with Crippen molar-refractivity contribution in [3.63, 3.8) is 0 Å². The number of ether oxygens (including phenoxy) is 1. The van der Waals surface area contributed by atoms with Crippen molar-refractivity contribution in [1.82, 2.24) is 0 Å². The molecule has 7 heteroatoms. The third kappa shape index (κ3) is 3.46. The molecule has 0 unspecified atom stereocenters. The van der Waals surface area contributed by atoms with Crippen molar-refractivity contribution < 1.29 is 17.9 Å². The first-order valence-electron chi connectivity index (χ1n) is 3.73. The van der Waals surface area contributed by atoms with E-state index in [0.717, 1.165) is 0 Å². The van der Waals surface area contributed by atoms with Gasteiger partial charge < -0.3 is 10.5 Å². The van der Waals surface area contributed by atoms with Gasteiger partial charge in [0.25, 0.3) is 0 Å². The zero-order valence-electron chi connectivity index (χ0n) is 7.24. The molecule has 0 saturated carbocycles. The van der Waals surface area contributed by atoms with Crippen molar-refractivity contribution in [3.05, 3.63) is 22.7 Å². The van der Waals surface area contributed by atoms with Crippen molar-refractivity contribution in [2.45, 2.75) is 11.7 Å². The van der Waals surface area contributed by atoms with E-state index in [2.05, 4.69) is 20.7 Å². The Balaban J connectivity index is 3.09. The van der Waals surface area contributed by atoms with E-state index in [0.29, 0.717) is 10.9 Å². The van der Waals surface area contributed by atoms with Gasteiger partial charge in [-0.15, -0.1) is 13.2 Å². The second-order valence-corrected chi connectivity index (χ2v) is 3.65. The molecule has 0 bridgehead atoms. The highest BCUT2D eigenvalue weighted by atomic mass is 79.9. The zero-order valence-corrected chi connectivity index (χ0v) is 9.58. The zero-order chi connectivity index (χ0) is 11.6. The van der Waals surface area contributed by atoms with E-state index in [9.17, 15) is 13.2 Å². The van der Waals surface area contributed by atoms with E-state index in [1.165, 1.54) is 12.1 Å². The van der Waals surface area contributed by atoms with Gasteiger partial charge in [0.2, 0.25) is 0 Å². The van der Waals surface area contributed by atoms with Gasteiger partial charge >= 0.3 is 6.36 Å². The molecule has 0 aliphatic carbocycles. The van der Waals surface area contributed by atoms with E-state index in [1.54, 1.807) is 0 Å². The molecule has 0 atom stereocenters. The maximum Gasteiger partial charge on any atom is 0.573 e. The summed E-state index contributed by atoms with van der Waals surface area (Å²) in [4.78, 5) is 0. The Bertz CT molecular complexity index is 346. The normalized spacial score (nSPS) is 11.5. The summed E-state index contributed by atoms with van der Waals surface area (Å²) in [5.74, 6) is -0.561. The van der Waals surface area contributed by atoms with Gasteiger partial charge in [0.15, 0.2) is 5.75 Å². The molecule has 15 heavy (non-hydrogen) atoms. The highest BCUT2D eigenvalue weighted by Gasteiger charge is 2.33. The molecule has 1 aromatic rings. The minimum Gasteiger partial charge on any atom is -0.402 e. The average Bonchev–Trinajstić information content (AvgIpc) is 2.09. The summed E-state index contributed by atoms with van der Waals surface area (Å²) in [7, 11) is 0. The first-order chi connectivity index (χ1) is 6.83. The molecule has 1 rings (SSSR count). The molecule has 0 radical (unpaired) electrons. The quantitative estimate of drug-likeness (QED) is 0.667. The SMILES string of the molecule is Nc1cc(CBr)cc(Cl)c1OC(F)(F)F. The summed E-state index contributed by atoms with van der Waals surface area (Å²) in [6, 6.07) is 2.72. The highest BCUT2D eigenvalue weighted by Crippen LogP contribution is 2.36. The first-order valence-corrected chi connectivity index (χ1v) is 5.23. The van der Waals surface area contributed by atoms with Gasteiger partial charge in [-0.2, -0.15) is 0 Å². The van der Waals surface area contributed by atoms with Crippen LogP contribution in [0.3, 0.4) is 0 Å². The highest BCUT2D eigenvalue weighted by molar-refractivity contribution is 9.08. The van der Waals surface area contributed by atoms with E-state index in [-0.39, 0.29) is 10.7 Å². The van der Waals surface area contributed by atoms with Crippen molar-refractivity contribution in [3.8, 4) is 5.75 Å². The molecule has 0 aliphatic rings. The van der Waals surface area contributed by atoms with Crippen LogP contribution in [0.4, 0.5) is 18.9 Å². The van der Waals surface area contributed by atoms with Gasteiger partial charge in [0.05, 0.1) is 10.7 Å². The van der Waals surface area contributed by atoms with E-state index < -0.39 is 12.1 Å². The topological polar surface area (TPSA) is 35.2 Å². The van der Waals surface area contributed by atoms with Gasteiger partial charge in [-0.3, -0.25) is 0 Å². The Hall–Kier alpha value is -0.620. The second-order valence-electron chi connectivity index (χ2n) is 2.68. The fraction of sp³-hybridized carbons (Fsp3) is 0.250. The Labute approximate surface area is 97.3 Å². The van der Waals surface area contributed by atoms with Crippen LogP contribution >= 0.6 is 27.5 Å². The molecule has 84 valence electrons. The molecular weight excluding hydrogens is 298 g/mol. The summed E-state index contributed by atoms with van der Waals surface area (Å²) in [5, 5.41) is 0.283. The fourth-order valence-corrected chi connectivity index (χ4v) is 1.59. The largest absolute Gasteiger partial charge is 0.573 e. The molecule has 0 spiro atoms. The molecule has 0 aliphatic heterocycles. The average molecular weight is 304 g/mol. The predicted molar refractivity (Wildman–Crippen MR) is 55.2 cm³/mol. The van der Waals surface area contributed by atoms with Gasteiger partial charge in [0, 0.05) is 5.33 Å². The monoisotopic (exact) mass is 303 g/mol. The van der Waals surface area contributed by atoms with Crippen molar-refractivity contribution >= 4 is 33.2 Å². The Kier molecular flexibility index (Phi) is 3.72. The Morgan fingerprint density at radius 2 is 2.00 bits per heavy atom. The number of hydrogen-bond acceptors (Lipinski definition) is 2. The van der Waals surface area contributed by atoms with Crippen LogP contribution in [0.2, 0.25) is 5.02 Å². The summed E-state index contributed by atoms with van der Waals surface area (Å²) >= 11 is 8.73. The lowest BCUT2D eigenvalue weighted by Crippen LogP contribution is -2.18. The number of alkyl halides is 4. The van der Waals surface area contributed by atoms with Crippen LogP contribution in [-0.2, 0) is 5.33 Å². The van der Waals surface area contributed by atoms with Crippen LogP contribution in [0.15, 0.2) is 12.1 Å². The Morgan fingerprint density at radius 1 is 1.40 bits per heavy atom. The lowest BCUT2D eigenvalue weighted by molar-refractivity contribution is -0.274.